The van der Waals surface area contributed by atoms with Crippen LogP contribution in [0.2, 0.25) is 0 Å². The van der Waals surface area contributed by atoms with Crippen LogP contribution >= 0.6 is 0 Å². The van der Waals surface area contributed by atoms with Crippen molar-refractivity contribution >= 4 is 23.2 Å². The summed E-state index contributed by atoms with van der Waals surface area (Å²) in [6.45, 7) is 1.53. The fourth-order valence-electron chi connectivity index (χ4n) is 2.56. The van der Waals surface area contributed by atoms with Crippen LogP contribution in [-0.4, -0.2) is 18.9 Å². The predicted octanol–water partition coefficient (Wildman–Crippen LogP) is 3.19. The van der Waals surface area contributed by atoms with Gasteiger partial charge < -0.3 is 10.2 Å². The summed E-state index contributed by atoms with van der Waals surface area (Å²) in [6.07, 6.45) is 5.55. The van der Waals surface area contributed by atoms with E-state index in [1.807, 2.05) is 24.3 Å². The Morgan fingerprint density at radius 2 is 1.70 bits per heavy atom. The molecule has 108 valence electrons. The van der Waals surface area contributed by atoms with Gasteiger partial charge in [0.1, 0.15) is 0 Å². The van der Waals surface area contributed by atoms with Gasteiger partial charge in [0.05, 0.1) is 0 Å². The highest BCUT2D eigenvalue weighted by Crippen LogP contribution is 2.25. The Kier molecular flexibility index (Phi) is 4.77. The van der Waals surface area contributed by atoms with Crippen molar-refractivity contribution in [2.24, 2.45) is 5.92 Å². The first-order valence-electron chi connectivity index (χ1n) is 7.23. The topological polar surface area (TPSA) is 49.4 Å². The normalized spacial score (nSPS) is 15.7. The fourth-order valence-corrected chi connectivity index (χ4v) is 2.56. The molecule has 0 bridgehead atoms. The molecule has 0 radical (unpaired) electrons. The van der Waals surface area contributed by atoms with E-state index in [9.17, 15) is 9.59 Å². The maximum atomic E-state index is 12.1. The second kappa shape index (κ2) is 6.55. The molecule has 1 aliphatic carbocycles. The molecule has 0 unspecified atom stereocenters. The van der Waals surface area contributed by atoms with Gasteiger partial charge in [-0.2, -0.15) is 0 Å². The zero-order valence-electron chi connectivity index (χ0n) is 12.2. The summed E-state index contributed by atoms with van der Waals surface area (Å²) in [6, 6.07) is 7.38. The zero-order valence-corrected chi connectivity index (χ0v) is 12.2. The number of benzene rings is 1. The summed E-state index contributed by atoms with van der Waals surface area (Å²) in [7, 11) is 1.73. The summed E-state index contributed by atoms with van der Waals surface area (Å²) in [4.78, 5) is 25.0. The first-order chi connectivity index (χ1) is 9.58. The molecule has 0 atom stereocenters. The van der Waals surface area contributed by atoms with E-state index in [-0.39, 0.29) is 17.7 Å². The van der Waals surface area contributed by atoms with Gasteiger partial charge in [-0.25, -0.2) is 0 Å². The predicted molar refractivity (Wildman–Crippen MR) is 80.7 cm³/mol. The van der Waals surface area contributed by atoms with Crippen LogP contribution in [0.5, 0.6) is 0 Å². The first kappa shape index (κ1) is 14.6. The van der Waals surface area contributed by atoms with Crippen LogP contribution in [0.25, 0.3) is 0 Å². The van der Waals surface area contributed by atoms with E-state index in [4.69, 9.17) is 0 Å². The van der Waals surface area contributed by atoms with Gasteiger partial charge in [-0.15, -0.1) is 0 Å². The molecular formula is C16H22N2O2. The van der Waals surface area contributed by atoms with E-state index in [1.165, 1.54) is 13.3 Å². The van der Waals surface area contributed by atoms with Gasteiger partial charge in [0, 0.05) is 31.3 Å². The summed E-state index contributed by atoms with van der Waals surface area (Å²) < 4.78 is 0. The largest absolute Gasteiger partial charge is 0.326 e. The monoisotopic (exact) mass is 274 g/mol. The van der Waals surface area contributed by atoms with Gasteiger partial charge >= 0.3 is 0 Å². The van der Waals surface area contributed by atoms with Crippen molar-refractivity contribution in [2.45, 2.75) is 39.0 Å². The van der Waals surface area contributed by atoms with Crippen LogP contribution in [0.1, 0.15) is 39.0 Å². The minimum absolute atomic E-state index is 0.0102. The van der Waals surface area contributed by atoms with Crippen molar-refractivity contribution in [3.63, 3.8) is 0 Å². The van der Waals surface area contributed by atoms with Gasteiger partial charge in [-0.1, -0.05) is 19.3 Å². The number of hydrogen-bond donors (Lipinski definition) is 1. The Bertz CT molecular complexity index is 476. The Balaban J connectivity index is 1.96. The minimum Gasteiger partial charge on any atom is -0.326 e. The molecule has 1 N–H and O–H groups in total. The van der Waals surface area contributed by atoms with E-state index in [0.29, 0.717) is 0 Å². The van der Waals surface area contributed by atoms with E-state index in [2.05, 4.69) is 5.32 Å². The van der Waals surface area contributed by atoms with Crippen LogP contribution in [0, 0.1) is 5.92 Å². The van der Waals surface area contributed by atoms with E-state index in [1.54, 1.807) is 11.9 Å². The number of nitrogens with one attached hydrogen (secondary N) is 1. The average Bonchev–Trinajstić information content (AvgIpc) is 2.48. The smallest absolute Gasteiger partial charge is 0.227 e. The lowest BCUT2D eigenvalue weighted by Crippen LogP contribution is -2.25. The van der Waals surface area contributed by atoms with Crippen molar-refractivity contribution in [2.75, 3.05) is 17.3 Å². The molecule has 1 fully saturated rings. The Morgan fingerprint density at radius 3 is 2.25 bits per heavy atom. The summed E-state index contributed by atoms with van der Waals surface area (Å²) in [5.41, 5.74) is 1.62. The second-order valence-corrected chi connectivity index (χ2v) is 5.45. The van der Waals surface area contributed by atoms with Crippen LogP contribution < -0.4 is 10.2 Å². The molecule has 1 aromatic carbocycles. The number of carbonyl (C=O) groups is 2. The average molecular weight is 274 g/mol. The maximum Gasteiger partial charge on any atom is 0.227 e. The lowest BCUT2D eigenvalue weighted by molar-refractivity contribution is -0.120. The summed E-state index contributed by atoms with van der Waals surface area (Å²) in [5, 5.41) is 2.96. The van der Waals surface area contributed by atoms with Gasteiger partial charge in [0.15, 0.2) is 0 Å². The third kappa shape index (κ3) is 3.59. The van der Waals surface area contributed by atoms with Crippen molar-refractivity contribution in [3.8, 4) is 0 Å². The number of amides is 2. The molecule has 1 aliphatic rings. The van der Waals surface area contributed by atoms with Crippen LogP contribution in [-0.2, 0) is 9.59 Å². The van der Waals surface area contributed by atoms with Crippen LogP contribution in [0.15, 0.2) is 24.3 Å². The van der Waals surface area contributed by atoms with Gasteiger partial charge in [-0.3, -0.25) is 9.59 Å². The number of nitrogens with zero attached hydrogens (tertiary/aromatic N) is 1. The summed E-state index contributed by atoms with van der Waals surface area (Å²) >= 11 is 0. The molecule has 0 heterocycles. The number of rotatable bonds is 3. The van der Waals surface area contributed by atoms with Gasteiger partial charge in [0.25, 0.3) is 0 Å². The lowest BCUT2D eigenvalue weighted by atomic mass is 9.88. The van der Waals surface area contributed by atoms with Gasteiger partial charge in [-0.05, 0) is 37.1 Å². The quantitative estimate of drug-likeness (QED) is 0.920. The van der Waals surface area contributed by atoms with Crippen molar-refractivity contribution in [3.05, 3.63) is 24.3 Å². The Labute approximate surface area is 120 Å². The molecule has 1 aromatic rings. The molecule has 2 rings (SSSR count). The van der Waals surface area contributed by atoms with Crippen molar-refractivity contribution in [1.29, 1.82) is 0 Å². The molecule has 0 saturated heterocycles. The standard InChI is InChI=1S/C16H22N2O2/c1-12(19)18(2)15-10-8-14(9-11-15)17-16(20)13-6-4-3-5-7-13/h8-11,13H,3-7H2,1-2H3,(H,17,20). The van der Waals surface area contributed by atoms with Crippen molar-refractivity contribution < 1.29 is 9.59 Å². The zero-order chi connectivity index (χ0) is 14.5. The Morgan fingerprint density at radius 1 is 1.10 bits per heavy atom. The molecule has 0 aromatic heterocycles. The molecular weight excluding hydrogens is 252 g/mol. The molecule has 4 nitrogen and oxygen atoms in total. The summed E-state index contributed by atoms with van der Waals surface area (Å²) in [5.74, 6) is 0.268. The van der Waals surface area contributed by atoms with E-state index in [0.717, 1.165) is 37.1 Å². The van der Waals surface area contributed by atoms with Gasteiger partial charge in [0.2, 0.25) is 11.8 Å². The molecule has 2 amide bonds. The van der Waals surface area contributed by atoms with Crippen LogP contribution in [0.4, 0.5) is 11.4 Å². The molecule has 1 saturated carbocycles. The van der Waals surface area contributed by atoms with Crippen molar-refractivity contribution in [1.82, 2.24) is 0 Å². The van der Waals surface area contributed by atoms with Crippen LogP contribution in [0.3, 0.4) is 0 Å². The lowest BCUT2D eigenvalue weighted by Gasteiger charge is -2.21. The highest BCUT2D eigenvalue weighted by atomic mass is 16.2. The SMILES string of the molecule is CC(=O)N(C)c1ccc(NC(=O)C2CCCCC2)cc1. The third-order valence-electron chi connectivity index (χ3n) is 3.97. The maximum absolute atomic E-state index is 12.1. The first-order valence-corrected chi connectivity index (χ1v) is 7.23. The minimum atomic E-state index is -0.0102. The number of hydrogen-bond acceptors (Lipinski definition) is 2. The molecule has 20 heavy (non-hydrogen) atoms. The fraction of sp³-hybridized carbons (Fsp3) is 0.500. The highest BCUT2D eigenvalue weighted by molar-refractivity contribution is 5.94. The molecule has 0 aliphatic heterocycles. The number of carbonyl (C=O) groups excluding carboxylic acids is 2. The second-order valence-electron chi connectivity index (χ2n) is 5.45. The third-order valence-corrected chi connectivity index (χ3v) is 3.97. The number of anilines is 2. The van der Waals surface area contributed by atoms with E-state index < -0.39 is 0 Å². The highest BCUT2D eigenvalue weighted by Gasteiger charge is 2.20. The van der Waals surface area contributed by atoms with E-state index >= 15 is 0 Å². The molecule has 0 spiro atoms. The molecule has 4 heteroatoms. The Hall–Kier alpha value is -1.84.